The molecule has 2 aromatic rings. The van der Waals surface area contributed by atoms with E-state index in [1.54, 1.807) is 17.6 Å². The lowest BCUT2D eigenvalue weighted by molar-refractivity contribution is 1.01. The van der Waals surface area contributed by atoms with Crippen LogP contribution in [0.3, 0.4) is 0 Å². The lowest BCUT2D eigenvalue weighted by Crippen LogP contribution is -1.98. The monoisotopic (exact) mass is 232 g/mol. The van der Waals surface area contributed by atoms with Crippen molar-refractivity contribution >= 4 is 23.4 Å². The number of hydrogen-bond donors (Lipinski definition) is 1. The number of aryl methyl sites for hydroxylation is 2. The number of anilines is 1. The van der Waals surface area contributed by atoms with Gasteiger partial charge in [-0.2, -0.15) is 5.10 Å². The Morgan fingerprint density at radius 2 is 2.25 bits per heavy atom. The van der Waals surface area contributed by atoms with Crippen LogP contribution in [0.2, 0.25) is 0 Å². The van der Waals surface area contributed by atoms with E-state index in [-0.39, 0.29) is 0 Å². The Kier molecular flexibility index (Phi) is 3.26. The van der Waals surface area contributed by atoms with Gasteiger partial charge < -0.3 is 0 Å². The number of nitrogens with one attached hydrogen (secondary N) is 1. The van der Waals surface area contributed by atoms with Crippen molar-refractivity contribution in [3.05, 3.63) is 40.0 Å². The molecule has 0 atom stereocenters. The van der Waals surface area contributed by atoms with Crippen LogP contribution in [0.15, 0.2) is 28.7 Å². The Labute approximate surface area is 98.1 Å². The van der Waals surface area contributed by atoms with E-state index in [0.29, 0.717) is 0 Å². The second-order valence-corrected chi connectivity index (χ2v) is 4.31. The first-order chi connectivity index (χ1) is 7.74. The van der Waals surface area contributed by atoms with E-state index in [9.17, 15) is 0 Å². The van der Waals surface area contributed by atoms with Crippen LogP contribution in [-0.2, 0) is 0 Å². The van der Waals surface area contributed by atoms with Gasteiger partial charge in [-0.1, -0.05) is 6.07 Å². The van der Waals surface area contributed by atoms with E-state index in [4.69, 9.17) is 0 Å². The Bertz CT molecular complexity index is 470. The molecule has 1 N–H and O–H groups in total. The fourth-order valence-corrected chi connectivity index (χ4v) is 1.89. The highest BCUT2D eigenvalue weighted by molar-refractivity contribution is 7.11. The van der Waals surface area contributed by atoms with E-state index >= 15 is 0 Å². The molecule has 0 radical (unpaired) electrons. The first-order valence-electron chi connectivity index (χ1n) is 4.89. The molecule has 0 saturated heterocycles. The minimum Gasteiger partial charge on any atom is -0.261 e. The van der Waals surface area contributed by atoms with Crippen LogP contribution < -0.4 is 5.43 Å². The summed E-state index contributed by atoms with van der Waals surface area (Å²) in [5, 5.41) is 6.13. The minimum atomic E-state index is 0.720. The maximum atomic E-state index is 4.22. The lowest BCUT2D eigenvalue weighted by atomic mass is 10.4. The molecule has 82 valence electrons. The molecule has 0 bridgehead atoms. The molecule has 2 aromatic heterocycles. The fraction of sp³-hybridized carbons (Fsp3) is 0.182. The van der Waals surface area contributed by atoms with E-state index in [1.807, 2.05) is 37.4 Å². The van der Waals surface area contributed by atoms with E-state index in [2.05, 4.69) is 20.5 Å². The highest BCUT2D eigenvalue weighted by Crippen LogP contribution is 2.07. The number of aromatic nitrogens is 2. The molecule has 0 unspecified atom stereocenters. The third-order valence-corrected chi connectivity index (χ3v) is 2.69. The average Bonchev–Trinajstić information content (AvgIpc) is 2.69. The predicted octanol–water partition coefficient (Wildman–Crippen LogP) is 2.60. The normalized spacial score (nSPS) is 10.9. The zero-order chi connectivity index (χ0) is 11.4. The number of hydrogen-bond acceptors (Lipinski definition) is 5. The highest BCUT2D eigenvalue weighted by Gasteiger charge is 1.96. The molecule has 0 amide bonds. The molecule has 0 aliphatic carbocycles. The topological polar surface area (TPSA) is 50.2 Å². The molecule has 2 rings (SSSR count). The first-order valence-corrected chi connectivity index (χ1v) is 5.77. The summed E-state index contributed by atoms with van der Waals surface area (Å²) in [6, 6.07) is 5.86. The van der Waals surface area contributed by atoms with Crippen LogP contribution in [0.25, 0.3) is 0 Å². The van der Waals surface area contributed by atoms with Gasteiger partial charge in [0.15, 0.2) is 0 Å². The quantitative estimate of drug-likeness (QED) is 0.653. The Hall–Kier alpha value is -1.75. The van der Waals surface area contributed by atoms with Crippen molar-refractivity contribution in [2.24, 2.45) is 5.10 Å². The third-order valence-electron chi connectivity index (χ3n) is 1.88. The molecule has 0 aliphatic heterocycles. The van der Waals surface area contributed by atoms with E-state index < -0.39 is 0 Å². The molecule has 16 heavy (non-hydrogen) atoms. The number of nitrogens with zero attached hydrogens (tertiary/aromatic N) is 3. The van der Waals surface area contributed by atoms with Gasteiger partial charge in [0.25, 0.3) is 0 Å². The molecule has 2 heterocycles. The Morgan fingerprint density at radius 3 is 2.94 bits per heavy atom. The van der Waals surface area contributed by atoms with Gasteiger partial charge >= 0.3 is 0 Å². The molecule has 5 heteroatoms. The molecule has 0 spiro atoms. The van der Waals surface area contributed by atoms with Crippen LogP contribution in [-0.4, -0.2) is 16.2 Å². The maximum Gasteiger partial charge on any atom is 0.150 e. The zero-order valence-electron chi connectivity index (χ0n) is 9.14. The lowest BCUT2D eigenvalue weighted by Gasteiger charge is -2.01. The second kappa shape index (κ2) is 4.85. The molecule has 4 nitrogen and oxygen atoms in total. The van der Waals surface area contributed by atoms with Gasteiger partial charge in [-0.15, -0.1) is 11.3 Å². The second-order valence-electron chi connectivity index (χ2n) is 3.33. The summed E-state index contributed by atoms with van der Waals surface area (Å²) in [4.78, 5) is 9.52. The summed E-state index contributed by atoms with van der Waals surface area (Å²) in [6.07, 6.45) is 1.78. The standard InChI is InChI=1S/C11H12N4S/c1-8-6-11(14-9(2)13-8)15-12-7-10-4-3-5-16-10/h3-7H,1-2H3,(H,13,14,15)/b12-7+. The van der Waals surface area contributed by atoms with Crippen molar-refractivity contribution in [2.75, 3.05) is 5.43 Å². The SMILES string of the molecule is Cc1cc(N/N=C/c2cccs2)nc(C)n1. The molecular formula is C11H12N4S. The van der Waals surface area contributed by atoms with Crippen LogP contribution >= 0.6 is 11.3 Å². The van der Waals surface area contributed by atoms with Crippen molar-refractivity contribution in [1.82, 2.24) is 9.97 Å². The molecule has 0 saturated carbocycles. The largest absolute Gasteiger partial charge is 0.261 e. The van der Waals surface area contributed by atoms with Crippen LogP contribution in [0.5, 0.6) is 0 Å². The van der Waals surface area contributed by atoms with Crippen LogP contribution in [0.1, 0.15) is 16.4 Å². The number of thiophene rings is 1. The van der Waals surface area contributed by atoms with E-state index in [1.165, 1.54) is 0 Å². The summed E-state index contributed by atoms with van der Waals surface area (Å²) >= 11 is 1.64. The van der Waals surface area contributed by atoms with Crippen molar-refractivity contribution < 1.29 is 0 Å². The summed E-state index contributed by atoms with van der Waals surface area (Å²) in [5.41, 5.74) is 3.82. The van der Waals surface area contributed by atoms with Gasteiger partial charge in [0.05, 0.1) is 6.21 Å². The number of hydrazone groups is 1. The van der Waals surface area contributed by atoms with Gasteiger partial charge in [-0.3, -0.25) is 5.43 Å². The fourth-order valence-electron chi connectivity index (χ4n) is 1.30. The van der Waals surface area contributed by atoms with Gasteiger partial charge in [0, 0.05) is 16.6 Å². The smallest absolute Gasteiger partial charge is 0.150 e. The first kappa shape index (κ1) is 10.8. The van der Waals surface area contributed by atoms with Gasteiger partial charge in [0.1, 0.15) is 11.6 Å². The van der Waals surface area contributed by atoms with Crippen LogP contribution in [0.4, 0.5) is 5.82 Å². The van der Waals surface area contributed by atoms with Gasteiger partial charge in [0.2, 0.25) is 0 Å². The van der Waals surface area contributed by atoms with Crippen LogP contribution in [0, 0.1) is 13.8 Å². The van der Waals surface area contributed by atoms with E-state index in [0.717, 1.165) is 22.2 Å². The third kappa shape index (κ3) is 2.87. The highest BCUT2D eigenvalue weighted by atomic mass is 32.1. The predicted molar refractivity (Wildman–Crippen MR) is 67.0 cm³/mol. The van der Waals surface area contributed by atoms with Gasteiger partial charge in [-0.05, 0) is 25.3 Å². The zero-order valence-corrected chi connectivity index (χ0v) is 9.95. The van der Waals surface area contributed by atoms with Crippen molar-refractivity contribution in [2.45, 2.75) is 13.8 Å². The summed E-state index contributed by atoms with van der Waals surface area (Å²) in [6.45, 7) is 3.80. The Balaban J connectivity index is 2.04. The van der Waals surface area contributed by atoms with Crippen molar-refractivity contribution in [3.63, 3.8) is 0 Å². The average molecular weight is 232 g/mol. The molecule has 0 fully saturated rings. The number of rotatable bonds is 3. The minimum absolute atomic E-state index is 0.720. The summed E-state index contributed by atoms with van der Waals surface area (Å²) < 4.78 is 0. The van der Waals surface area contributed by atoms with Gasteiger partial charge in [-0.25, -0.2) is 9.97 Å². The van der Waals surface area contributed by atoms with Crippen molar-refractivity contribution in [1.29, 1.82) is 0 Å². The molecule has 0 aromatic carbocycles. The molecule has 0 aliphatic rings. The van der Waals surface area contributed by atoms with Crippen molar-refractivity contribution in [3.8, 4) is 0 Å². The summed E-state index contributed by atoms with van der Waals surface area (Å²) in [7, 11) is 0. The summed E-state index contributed by atoms with van der Waals surface area (Å²) in [5.74, 6) is 1.46. The Morgan fingerprint density at radius 1 is 1.38 bits per heavy atom. The maximum absolute atomic E-state index is 4.22. The molecular weight excluding hydrogens is 220 g/mol.